The fourth-order valence-corrected chi connectivity index (χ4v) is 1.94. The topological polar surface area (TPSA) is 12.0 Å². The number of hydrogen-bond donors (Lipinski definition) is 1. The van der Waals surface area contributed by atoms with Gasteiger partial charge in [-0.05, 0) is 47.7 Å². The summed E-state index contributed by atoms with van der Waals surface area (Å²) in [5.74, 6) is 0. The third-order valence-electron chi connectivity index (χ3n) is 1.67. The molecule has 3 heteroatoms. The van der Waals surface area contributed by atoms with E-state index in [2.05, 4.69) is 41.4 Å². The molecule has 1 rings (SSSR count). The van der Waals surface area contributed by atoms with Gasteiger partial charge in [0.25, 0.3) is 0 Å². The van der Waals surface area contributed by atoms with Gasteiger partial charge in [-0.2, -0.15) is 0 Å². The molecule has 0 bridgehead atoms. The lowest BCUT2D eigenvalue weighted by molar-refractivity contribution is 0.999. The van der Waals surface area contributed by atoms with Crippen molar-refractivity contribution in [2.24, 2.45) is 0 Å². The van der Waals surface area contributed by atoms with Crippen LogP contribution >= 0.6 is 34.2 Å². The van der Waals surface area contributed by atoms with Gasteiger partial charge >= 0.3 is 0 Å². The Kier molecular flexibility index (Phi) is 4.06. The zero-order valence-corrected chi connectivity index (χ0v) is 10.3. The number of benzene rings is 1. The maximum Gasteiger partial charge on any atom is 0.0481 e. The molecule has 0 radical (unpaired) electrons. The van der Waals surface area contributed by atoms with Gasteiger partial charge in [-0.3, -0.25) is 0 Å². The Bertz CT molecular complexity index is 312. The van der Waals surface area contributed by atoms with E-state index in [1.54, 1.807) is 0 Å². The molecule has 1 aromatic carbocycles. The first-order valence-corrected chi connectivity index (χ1v) is 5.43. The maximum atomic E-state index is 5.83. The van der Waals surface area contributed by atoms with E-state index in [4.69, 9.17) is 11.6 Å². The van der Waals surface area contributed by atoms with Crippen molar-refractivity contribution in [2.45, 2.75) is 13.0 Å². The van der Waals surface area contributed by atoms with Crippen molar-refractivity contribution in [1.82, 2.24) is 0 Å². The van der Waals surface area contributed by atoms with Gasteiger partial charge in [0.05, 0.1) is 0 Å². The molecule has 1 atom stereocenters. The molecule has 0 amide bonds. The van der Waals surface area contributed by atoms with Crippen molar-refractivity contribution >= 4 is 39.9 Å². The van der Waals surface area contributed by atoms with Crippen LogP contribution in [0.25, 0.3) is 0 Å². The van der Waals surface area contributed by atoms with Gasteiger partial charge in [-0.15, -0.1) is 6.58 Å². The van der Waals surface area contributed by atoms with E-state index >= 15 is 0 Å². The Morgan fingerprint density at radius 2 is 2.31 bits per heavy atom. The van der Waals surface area contributed by atoms with Gasteiger partial charge < -0.3 is 5.32 Å². The summed E-state index contributed by atoms with van der Waals surface area (Å²) in [7, 11) is 0. The normalized spacial score (nSPS) is 12.2. The molecule has 0 spiro atoms. The Morgan fingerprint density at radius 1 is 1.62 bits per heavy atom. The predicted octanol–water partition coefficient (Wildman–Crippen LogP) is 3.93. The van der Waals surface area contributed by atoms with E-state index in [-0.39, 0.29) is 6.04 Å². The standard InChI is InChI=1S/C10H11ClIN/c1-3-7(2)13-10-5-4-8(11)6-9(10)12/h3-7,13H,1H2,2H3. The van der Waals surface area contributed by atoms with Crippen LogP contribution < -0.4 is 5.32 Å². The minimum atomic E-state index is 0.273. The highest BCUT2D eigenvalue weighted by Gasteiger charge is 2.01. The van der Waals surface area contributed by atoms with Gasteiger partial charge in [0.1, 0.15) is 0 Å². The smallest absolute Gasteiger partial charge is 0.0481 e. The molecule has 13 heavy (non-hydrogen) atoms. The number of rotatable bonds is 3. The van der Waals surface area contributed by atoms with Gasteiger partial charge in [-0.25, -0.2) is 0 Å². The third kappa shape index (κ3) is 3.19. The van der Waals surface area contributed by atoms with Crippen LogP contribution in [-0.2, 0) is 0 Å². The molecule has 0 aliphatic carbocycles. The molecular weight excluding hydrogens is 296 g/mol. The highest BCUT2D eigenvalue weighted by atomic mass is 127. The van der Waals surface area contributed by atoms with Crippen molar-refractivity contribution < 1.29 is 0 Å². The molecule has 0 aliphatic heterocycles. The van der Waals surface area contributed by atoms with Crippen LogP contribution in [0.4, 0.5) is 5.69 Å². The summed E-state index contributed by atoms with van der Waals surface area (Å²) in [6.45, 7) is 5.77. The molecule has 0 saturated heterocycles. The lowest BCUT2D eigenvalue weighted by atomic mass is 10.2. The SMILES string of the molecule is C=CC(C)Nc1ccc(Cl)cc1I. The third-order valence-corrected chi connectivity index (χ3v) is 2.80. The van der Waals surface area contributed by atoms with Crippen molar-refractivity contribution in [3.8, 4) is 0 Å². The summed E-state index contributed by atoms with van der Waals surface area (Å²) < 4.78 is 1.12. The second-order valence-corrected chi connectivity index (χ2v) is 4.39. The Hall–Kier alpha value is -0.220. The highest BCUT2D eigenvalue weighted by molar-refractivity contribution is 14.1. The van der Waals surface area contributed by atoms with E-state index in [1.165, 1.54) is 0 Å². The fraction of sp³-hybridized carbons (Fsp3) is 0.200. The van der Waals surface area contributed by atoms with Gasteiger partial charge in [0.2, 0.25) is 0 Å². The minimum Gasteiger partial charge on any atom is -0.378 e. The van der Waals surface area contributed by atoms with E-state index in [9.17, 15) is 0 Å². The molecule has 1 aromatic rings. The zero-order chi connectivity index (χ0) is 9.84. The minimum absolute atomic E-state index is 0.273. The molecule has 0 saturated carbocycles. The number of anilines is 1. The van der Waals surface area contributed by atoms with Crippen LogP contribution in [0.5, 0.6) is 0 Å². The number of halogens is 2. The maximum absolute atomic E-state index is 5.83. The van der Waals surface area contributed by atoms with Gasteiger partial charge in [0.15, 0.2) is 0 Å². The van der Waals surface area contributed by atoms with E-state index < -0.39 is 0 Å². The van der Waals surface area contributed by atoms with Crippen LogP contribution in [0.1, 0.15) is 6.92 Å². The van der Waals surface area contributed by atoms with Crippen LogP contribution in [0.3, 0.4) is 0 Å². The molecule has 70 valence electrons. The summed E-state index contributed by atoms with van der Waals surface area (Å²) in [6, 6.07) is 6.06. The van der Waals surface area contributed by atoms with Crippen molar-refractivity contribution in [3.63, 3.8) is 0 Å². The van der Waals surface area contributed by atoms with E-state index in [0.29, 0.717) is 0 Å². The summed E-state index contributed by atoms with van der Waals surface area (Å²) in [6.07, 6.45) is 1.87. The van der Waals surface area contributed by atoms with Gasteiger partial charge in [-0.1, -0.05) is 17.7 Å². The summed E-state index contributed by atoms with van der Waals surface area (Å²) in [5.41, 5.74) is 1.09. The Labute approximate surface area is 97.3 Å². The molecule has 0 heterocycles. The molecule has 1 unspecified atom stereocenters. The summed E-state index contributed by atoms with van der Waals surface area (Å²) >= 11 is 8.09. The first kappa shape index (κ1) is 10.9. The first-order chi connectivity index (χ1) is 6.13. The molecule has 0 aromatic heterocycles. The average molecular weight is 308 g/mol. The molecular formula is C10H11ClIN. The number of nitrogens with one attached hydrogen (secondary N) is 1. The van der Waals surface area contributed by atoms with Crippen LogP contribution in [0.15, 0.2) is 30.9 Å². The predicted molar refractivity (Wildman–Crippen MR) is 67.5 cm³/mol. The van der Waals surface area contributed by atoms with Crippen LogP contribution in [0.2, 0.25) is 5.02 Å². The van der Waals surface area contributed by atoms with Crippen LogP contribution in [-0.4, -0.2) is 6.04 Å². The molecule has 0 fully saturated rings. The number of hydrogen-bond acceptors (Lipinski definition) is 1. The quantitative estimate of drug-likeness (QED) is 0.659. The Balaban J connectivity index is 2.83. The van der Waals surface area contributed by atoms with Crippen molar-refractivity contribution in [3.05, 3.63) is 39.4 Å². The second kappa shape index (κ2) is 4.86. The molecule has 0 aliphatic rings. The fourth-order valence-electron chi connectivity index (χ4n) is 0.911. The first-order valence-electron chi connectivity index (χ1n) is 3.97. The van der Waals surface area contributed by atoms with Crippen molar-refractivity contribution in [1.29, 1.82) is 0 Å². The average Bonchev–Trinajstić information content (AvgIpc) is 2.09. The summed E-state index contributed by atoms with van der Waals surface area (Å²) in [4.78, 5) is 0. The zero-order valence-electron chi connectivity index (χ0n) is 7.35. The van der Waals surface area contributed by atoms with Gasteiger partial charge in [0, 0.05) is 20.3 Å². The van der Waals surface area contributed by atoms with E-state index in [0.717, 1.165) is 14.3 Å². The highest BCUT2D eigenvalue weighted by Crippen LogP contribution is 2.22. The second-order valence-electron chi connectivity index (χ2n) is 2.79. The van der Waals surface area contributed by atoms with Crippen molar-refractivity contribution in [2.75, 3.05) is 5.32 Å². The van der Waals surface area contributed by atoms with E-state index in [1.807, 2.05) is 24.3 Å². The van der Waals surface area contributed by atoms with Crippen LogP contribution in [0, 0.1) is 3.57 Å². The summed E-state index contributed by atoms with van der Waals surface area (Å²) in [5, 5.41) is 4.07. The lowest BCUT2D eigenvalue weighted by Gasteiger charge is -2.12. The lowest BCUT2D eigenvalue weighted by Crippen LogP contribution is -2.11. The molecule has 1 nitrogen and oxygen atoms in total. The Morgan fingerprint density at radius 3 is 2.85 bits per heavy atom. The monoisotopic (exact) mass is 307 g/mol. The molecule has 1 N–H and O–H groups in total. The largest absolute Gasteiger partial charge is 0.378 e.